The van der Waals surface area contributed by atoms with Gasteiger partial charge in [-0.2, -0.15) is 0 Å². The van der Waals surface area contributed by atoms with E-state index in [1.807, 2.05) is 67.2 Å². The van der Waals surface area contributed by atoms with Crippen LogP contribution in [0.2, 0.25) is 0 Å². The van der Waals surface area contributed by atoms with Crippen LogP contribution in [0.3, 0.4) is 0 Å². The van der Waals surface area contributed by atoms with Crippen LogP contribution >= 0.6 is 0 Å². The number of piperidine rings is 1. The SMILES string of the molecule is CC(CC(C)(C)C(C(=O)C(C)(C)C)N(CC(=O)C(C)(C)C)CC(=O)C(C)(C)C)C1CCN(C(C)(C)C)CC1. The number of rotatable bonds is 10. The minimum Gasteiger partial charge on any atom is -0.298 e. The van der Waals surface area contributed by atoms with Gasteiger partial charge in [0.2, 0.25) is 0 Å². The molecule has 1 rings (SSSR count). The van der Waals surface area contributed by atoms with Gasteiger partial charge >= 0.3 is 0 Å². The van der Waals surface area contributed by atoms with Crippen molar-refractivity contribution >= 4 is 17.3 Å². The summed E-state index contributed by atoms with van der Waals surface area (Å²) in [6.45, 7) is 33.3. The van der Waals surface area contributed by atoms with Gasteiger partial charge in [0.1, 0.15) is 0 Å². The molecule has 1 saturated heterocycles. The second-order valence-electron chi connectivity index (χ2n) is 16.9. The highest BCUT2D eigenvalue weighted by atomic mass is 16.1. The van der Waals surface area contributed by atoms with Crippen molar-refractivity contribution in [2.45, 2.75) is 135 Å². The summed E-state index contributed by atoms with van der Waals surface area (Å²) < 4.78 is 0. The molecule has 1 heterocycles. The Labute approximate surface area is 235 Å². The van der Waals surface area contributed by atoms with E-state index in [1.165, 1.54) is 12.8 Å². The van der Waals surface area contributed by atoms with E-state index in [2.05, 4.69) is 46.4 Å². The predicted octanol–water partition coefficient (Wildman–Crippen LogP) is 7.07. The molecule has 0 saturated carbocycles. The van der Waals surface area contributed by atoms with Crippen LogP contribution in [0.1, 0.15) is 123 Å². The van der Waals surface area contributed by atoms with Crippen LogP contribution in [0, 0.1) is 33.5 Å². The average Bonchev–Trinajstić information content (AvgIpc) is 2.70. The van der Waals surface area contributed by atoms with E-state index in [1.54, 1.807) is 0 Å². The van der Waals surface area contributed by atoms with E-state index >= 15 is 0 Å². The average molecular weight is 535 g/mol. The Morgan fingerprint density at radius 3 is 1.42 bits per heavy atom. The van der Waals surface area contributed by atoms with Crippen LogP contribution in [-0.4, -0.2) is 64.9 Å². The Balaban J connectivity index is 3.38. The number of nitrogens with zero attached hydrogens (tertiary/aromatic N) is 2. The lowest BCUT2D eigenvalue weighted by atomic mass is 9.67. The maximum absolute atomic E-state index is 14.2. The topological polar surface area (TPSA) is 57.7 Å². The first kappa shape index (κ1) is 35.0. The van der Waals surface area contributed by atoms with Gasteiger partial charge in [-0.15, -0.1) is 0 Å². The smallest absolute Gasteiger partial charge is 0.155 e. The maximum Gasteiger partial charge on any atom is 0.155 e. The summed E-state index contributed by atoms with van der Waals surface area (Å²) in [4.78, 5) is 45.3. The van der Waals surface area contributed by atoms with Crippen molar-refractivity contribution < 1.29 is 14.4 Å². The van der Waals surface area contributed by atoms with Gasteiger partial charge < -0.3 is 0 Å². The van der Waals surface area contributed by atoms with Crippen molar-refractivity contribution in [3.63, 3.8) is 0 Å². The molecule has 2 atom stereocenters. The maximum atomic E-state index is 14.2. The summed E-state index contributed by atoms with van der Waals surface area (Å²) in [5.74, 6) is 1.29. The highest BCUT2D eigenvalue weighted by molar-refractivity contribution is 5.93. The van der Waals surface area contributed by atoms with E-state index in [9.17, 15) is 14.4 Å². The van der Waals surface area contributed by atoms with E-state index in [0.29, 0.717) is 11.8 Å². The number of ketones is 3. The number of hydrogen-bond acceptors (Lipinski definition) is 5. The molecule has 0 aromatic heterocycles. The van der Waals surface area contributed by atoms with Gasteiger partial charge in [-0.05, 0) is 70.4 Å². The number of carbonyl (C=O) groups is 3. The molecule has 1 fully saturated rings. The van der Waals surface area contributed by atoms with Crippen LogP contribution < -0.4 is 0 Å². The Bertz CT molecular complexity index is 794. The lowest BCUT2D eigenvalue weighted by molar-refractivity contribution is -0.142. The second-order valence-corrected chi connectivity index (χ2v) is 16.9. The number of Topliss-reactive ketones (excluding diaryl/α,β-unsaturated/α-hetero) is 3. The predicted molar refractivity (Wildman–Crippen MR) is 160 cm³/mol. The summed E-state index contributed by atoms with van der Waals surface area (Å²) in [5, 5.41) is 0. The van der Waals surface area contributed by atoms with Crippen LogP contribution in [0.4, 0.5) is 0 Å². The van der Waals surface area contributed by atoms with Crippen LogP contribution in [0.25, 0.3) is 0 Å². The molecule has 222 valence electrons. The Morgan fingerprint density at radius 2 is 1.11 bits per heavy atom. The number of hydrogen-bond donors (Lipinski definition) is 0. The third-order valence-corrected chi connectivity index (χ3v) is 8.60. The molecule has 1 aliphatic rings. The summed E-state index contributed by atoms with van der Waals surface area (Å²) in [6.07, 6.45) is 3.21. The van der Waals surface area contributed by atoms with Gasteiger partial charge in [-0.3, -0.25) is 24.2 Å². The molecule has 0 N–H and O–H groups in total. The van der Waals surface area contributed by atoms with Crippen molar-refractivity contribution in [2.75, 3.05) is 26.2 Å². The Hall–Kier alpha value is -1.07. The van der Waals surface area contributed by atoms with Crippen molar-refractivity contribution in [1.29, 1.82) is 0 Å². The molecule has 0 aliphatic carbocycles. The third-order valence-electron chi connectivity index (χ3n) is 8.60. The zero-order valence-electron chi connectivity index (χ0n) is 27.8. The molecule has 38 heavy (non-hydrogen) atoms. The van der Waals surface area contributed by atoms with Crippen molar-refractivity contribution in [1.82, 2.24) is 9.80 Å². The van der Waals surface area contributed by atoms with E-state index in [4.69, 9.17) is 0 Å². The molecule has 1 aliphatic heterocycles. The van der Waals surface area contributed by atoms with E-state index < -0.39 is 27.7 Å². The third kappa shape index (κ3) is 9.84. The second kappa shape index (κ2) is 12.2. The van der Waals surface area contributed by atoms with Crippen molar-refractivity contribution in [3.8, 4) is 0 Å². The van der Waals surface area contributed by atoms with E-state index in [0.717, 1.165) is 19.5 Å². The lowest BCUT2D eigenvalue weighted by Crippen LogP contribution is -2.58. The normalized spacial score (nSPS) is 18.9. The quantitative estimate of drug-likeness (QED) is 0.300. The van der Waals surface area contributed by atoms with Crippen LogP contribution in [0.15, 0.2) is 0 Å². The number of likely N-dealkylation sites (tertiary alicyclic amines) is 1. The molecule has 0 amide bonds. The van der Waals surface area contributed by atoms with Gasteiger partial charge in [-0.1, -0.05) is 83.1 Å². The highest BCUT2D eigenvalue weighted by Crippen LogP contribution is 2.41. The fraction of sp³-hybridized carbons (Fsp3) is 0.909. The largest absolute Gasteiger partial charge is 0.298 e. The van der Waals surface area contributed by atoms with Gasteiger partial charge in [0.15, 0.2) is 17.3 Å². The van der Waals surface area contributed by atoms with Gasteiger partial charge in [0.05, 0.1) is 19.1 Å². The Morgan fingerprint density at radius 1 is 0.711 bits per heavy atom. The molecule has 0 aromatic rings. The highest BCUT2D eigenvalue weighted by Gasteiger charge is 2.46. The first-order chi connectivity index (χ1) is 16.8. The lowest BCUT2D eigenvalue weighted by Gasteiger charge is -2.47. The zero-order chi connectivity index (χ0) is 30.1. The summed E-state index contributed by atoms with van der Waals surface area (Å²) in [5.41, 5.74) is -1.89. The summed E-state index contributed by atoms with van der Waals surface area (Å²) >= 11 is 0. The molecule has 5 heteroatoms. The number of carbonyl (C=O) groups excluding carboxylic acids is 3. The van der Waals surface area contributed by atoms with Gasteiger partial charge in [0.25, 0.3) is 0 Å². The molecule has 0 aromatic carbocycles. The molecule has 0 spiro atoms. The molecule has 0 radical (unpaired) electrons. The fourth-order valence-corrected chi connectivity index (χ4v) is 5.75. The van der Waals surface area contributed by atoms with E-state index in [-0.39, 0.29) is 36.0 Å². The van der Waals surface area contributed by atoms with Crippen molar-refractivity contribution in [3.05, 3.63) is 0 Å². The molecule has 0 bridgehead atoms. The minimum atomic E-state index is -0.586. The minimum absolute atomic E-state index is 0.0596. The zero-order valence-corrected chi connectivity index (χ0v) is 27.8. The van der Waals surface area contributed by atoms with Gasteiger partial charge in [0, 0.05) is 21.8 Å². The summed E-state index contributed by atoms with van der Waals surface area (Å²) in [7, 11) is 0. The van der Waals surface area contributed by atoms with Crippen LogP contribution in [0.5, 0.6) is 0 Å². The first-order valence-electron chi connectivity index (χ1n) is 14.9. The van der Waals surface area contributed by atoms with Crippen LogP contribution in [-0.2, 0) is 14.4 Å². The standard InChI is InChI=1S/C33H62N2O3/c1-23(24-16-18-35(19-17-24)32(11,12)13)20-33(14,15)27(28(38)31(8,9)10)34(21-25(36)29(2,3)4)22-26(37)30(5,6)7/h23-24,27H,16-22H2,1-15H3. The fourth-order valence-electron chi connectivity index (χ4n) is 5.75. The molecular weight excluding hydrogens is 472 g/mol. The monoisotopic (exact) mass is 534 g/mol. The van der Waals surface area contributed by atoms with Gasteiger partial charge in [-0.25, -0.2) is 0 Å². The molecular formula is C33H62N2O3. The molecule has 5 nitrogen and oxygen atoms in total. The summed E-state index contributed by atoms with van der Waals surface area (Å²) in [6, 6.07) is -0.516. The molecule has 2 unspecified atom stereocenters. The van der Waals surface area contributed by atoms with Crippen molar-refractivity contribution in [2.24, 2.45) is 33.5 Å². The Kier molecular flexibility index (Phi) is 11.2. The first-order valence-corrected chi connectivity index (χ1v) is 14.9.